The molecule has 2 heterocycles. The molecule has 2 amide bonds. The van der Waals surface area contributed by atoms with E-state index in [2.05, 4.69) is 27.0 Å². The molecule has 1 atom stereocenters. The predicted molar refractivity (Wildman–Crippen MR) is 79.6 cm³/mol. The van der Waals surface area contributed by atoms with Crippen molar-refractivity contribution in [3.05, 3.63) is 22.4 Å². The molecule has 0 aliphatic carbocycles. The Morgan fingerprint density at radius 1 is 1.30 bits per heavy atom. The maximum atomic E-state index is 11.6. The van der Waals surface area contributed by atoms with Gasteiger partial charge in [0.25, 0.3) is 0 Å². The van der Waals surface area contributed by atoms with Crippen molar-refractivity contribution >= 4 is 23.2 Å². The molecular formula is C14H21N3O2S. The molecule has 1 aliphatic rings. The van der Waals surface area contributed by atoms with E-state index < -0.39 is 11.8 Å². The van der Waals surface area contributed by atoms with E-state index in [-0.39, 0.29) is 6.04 Å². The highest BCUT2D eigenvalue weighted by Crippen LogP contribution is 2.25. The molecule has 0 bridgehead atoms. The summed E-state index contributed by atoms with van der Waals surface area (Å²) in [5.74, 6) is -1.16. The number of piperidine rings is 1. The van der Waals surface area contributed by atoms with Crippen LogP contribution in [0.25, 0.3) is 0 Å². The lowest BCUT2D eigenvalue weighted by Crippen LogP contribution is -2.44. The Bertz CT molecular complexity index is 441. The van der Waals surface area contributed by atoms with E-state index in [1.807, 2.05) is 5.38 Å². The van der Waals surface area contributed by atoms with E-state index in [0.717, 1.165) is 13.1 Å². The van der Waals surface area contributed by atoms with Crippen molar-refractivity contribution in [2.75, 3.05) is 26.7 Å². The Balaban J connectivity index is 1.99. The van der Waals surface area contributed by atoms with Crippen molar-refractivity contribution in [1.82, 2.24) is 15.5 Å². The maximum absolute atomic E-state index is 11.6. The van der Waals surface area contributed by atoms with Crippen LogP contribution < -0.4 is 10.6 Å². The Labute approximate surface area is 123 Å². The van der Waals surface area contributed by atoms with Gasteiger partial charge in [0.1, 0.15) is 0 Å². The molecule has 0 spiro atoms. The smallest absolute Gasteiger partial charge is 0.309 e. The highest BCUT2D eigenvalue weighted by atomic mass is 32.1. The molecule has 0 saturated carbocycles. The van der Waals surface area contributed by atoms with E-state index in [1.165, 1.54) is 31.9 Å². The molecule has 20 heavy (non-hydrogen) atoms. The van der Waals surface area contributed by atoms with Crippen molar-refractivity contribution in [3.63, 3.8) is 0 Å². The molecule has 1 unspecified atom stereocenters. The van der Waals surface area contributed by atoms with Crippen molar-refractivity contribution in [1.29, 1.82) is 0 Å². The minimum atomic E-state index is -0.590. The van der Waals surface area contributed by atoms with Crippen LogP contribution in [0.2, 0.25) is 0 Å². The van der Waals surface area contributed by atoms with Gasteiger partial charge in [0, 0.05) is 13.6 Å². The van der Waals surface area contributed by atoms with Gasteiger partial charge in [0.15, 0.2) is 0 Å². The monoisotopic (exact) mass is 295 g/mol. The summed E-state index contributed by atoms with van der Waals surface area (Å²) >= 11 is 1.66. The lowest BCUT2D eigenvalue weighted by molar-refractivity contribution is -0.139. The summed E-state index contributed by atoms with van der Waals surface area (Å²) in [6.07, 6.45) is 3.67. The number of likely N-dealkylation sites (tertiary alicyclic amines) is 1. The predicted octanol–water partition coefficient (Wildman–Crippen LogP) is 1.14. The van der Waals surface area contributed by atoms with Crippen LogP contribution >= 0.6 is 11.3 Å². The van der Waals surface area contributed by atoms with Gasteiger partial charge in [-0.2, -0.15) is 11.3 Å². The first-order chi connectivity index (χ1) is 9.72. The number of carbonyl (C=O) groups excluding carboxylic acids is 2. The second-order valence-corrected chi connectivity index (χ2v) is 5.74. The minimum absolute atomic E-state index is 0.162. The third-order valence-electron chi connectivity index (χ3n) is 3.65. The lowest BCUT2D eigenvalue weighted by atomic mass is 10.0. The van der Waals surface area contributed by atoms with Gasteiger partial charge in [0.2, 0.25) is 0 Å². The third kappa shape index (κ3) is 3.80. The van der Waals surface area contributed by atoms with Crippen LogP contribution in [0.1, 0.15) is 30.9 Å². The van der Waals surface area contributed by atoms with Gasteiger partial charge in [-0.1, -0.05) is 6.42 Å². The largest absolute Gasteiger partial charge is 0.351 e. The average molecular weight is 295 g/mol. The van der Waals surface area contributed by atoms with E-state index in [9.17, 15) is 9.59 Å². The van der Waals surface area contributed by atoms with E-state index >= 15 is 0 Å². The molecule has 110 valence electrons. The van der Waals surface area contributed by atoms with E-state index in [0.29, 0.717) is 6.54 Å². The summed E-state index contributed by atoms with van der Waals surface area (Å²) in [4.78, 5) is 25.2. The van der Waals surface area contributed by atoms with Crippen molar-refractivity contribution in [2.45, 2.75) is 25.3 Å². The quantitative estimate of drug-likeness (QED) is 0.819. The van der Waals surface area contributed by atoms with Crippen LogP contribution in [-0.4, -0.2) is 43.4 Å². The van der Waals surface area contributed by atoms with Crippen molar-refractivity contribution < 1.29 is 9.59 Å². The van der Waals surface area contributed by atoms with Gasteiger partial charge in [0.05, 0.1) is 6.04 Å². The van der Waals surface area contributed by atoms with Gasteiger partial charge in [-0.15, -0.1) is 0 Å². The molecule has 0 radical (unpaired) electrons. The summed E-state index contributed by atoms with van der Waals surface area (Å²) in [7, 11) is 1.46. The van der Waals surface area contributed by atoms with Crippen LogP contribution in [0.4, 0.5) is 0 Å². The number of amides is 2. The van der Waals surface area contributed by atoms with Crippen LogP contribution in [0.15, 0.2) is 16.8 Å². The number of nitrogens with one attached hydrogen (secondary N) is 2. The Hall–Kier alpha value is -1.40. The first-order valence-electron chi connectivity index (χ1n) is 6.98. The van der Waals surface area contributed by atoms with Crippen LogP contribution in [0, 0.1) is 0 Å². The first-order valence-corrected chi connectivity index (χ1v) is 7.92. The van der Waals surface area contributed by atoms with Crippen LogP contribution in [0.3, 0.4) is 0 Å². The summed E-state index contributed by atoms with van der Waals surface area (Å²) < 4.78 is 0. The van der Waals surface area contributed by atoms with E-state index in [4.69, 9.17) is 0 Å². The Morgan fingerprint density at radius 3 is 2.65 bits per heavy atom. The van der Waals surface area contributed by atoms with Gasteiger partial charge in [-0.3, -0.25) is 14.5 Å². The topological polar surface area (TPSA) is 61.4 Å². The molecule has 6 heteroatoms. The fourth-order valence-corrected chi connectivity index (χ4v) is 3.24. The minimum Gasteiger partial charge on any atom is -0.351 e. The zero-order chi connectivity index (χ0) is 14.4. The van der Waals surface area contributed by atoms with Gasteiger partial charge < -0.3 is 10.6 Å². The molecule has 0 aromatic carbocycles. The zero-order valence-corrected chi connectivity index (χ0v) is 12.5. The standard InChI is InChI=1S/C14H21N3O2S/c1-15-13(18)14(19)16-9-12(11-5-8-20-10-11)17-6-3-2-4-7-17/h5,8,10,12H,2-4,6-7,9H2,1H3,(H,15,18)(H,16,19). The number of nitrogens with zero attached hydrogens (tertiary/aromatic N) is 1. The molecule has 1 aromatic rings. The molecule has 1 aliphatic heterocycles. The Morgan fingerprint density at radius 2 is 2.05 bits per heavy atom. The molecule has 2 N–H and O–H groups in total. The number of likely N-dealkylation sites (N-methyl/N-ethyl adjacent to an activating group) is 1. The summed E-state index contributed by atoms with van der Waals surface area (Å²) in [6.45, 7) is 2.58. The number of rotatable bonds is 4. The second kappa shape index (κ2) is 7.40. The maximum Gasteiger partial charge on any atom is 0.309 e. The molecular weight excluding hydrogens is 274 g/mol. The molecule has 1 fully saturated rings. The lowest BCUT2D eigenvalue weighted by Gasteiger charge is -2.34. The van der Waals surface area contributed by atoms with Gasteiger partial charge >= 0.3 is 11.8 Å². The molecule has 1 aromatic heterocycles. The van der Waals surface area contributed by atoms with Gasteiger partial charge in [-0.05, 0) is 48.3 Å². The normalized spacial score (nSPS) is 17.4. The highest BCUT2D eigenvalue weighted by Gasteiger charge is 2.24. The number of hydrogen-bond donors (Lipinski definition) is 2. The highest BCUT2D eigenvalue weighted by molar-refractivity contribution is 7.07. The summed E-state index contributed by atoms with van der Waals surface area (Å²) in [5, 5.41) is 9.24. The van der Waals surface area contributed by atoms with E-state index in [1.54, 1.807) is 11.3 Å². The van der Waals surface area contributed by atoms with Crippen molar-refractivity contribution in [2.24, 2.45) is 0 Å². The van der Waals surface area contributed by atoms with Crippen molar-refractivity contribution in [3.8, 4) is 0 Å². The molecule has 5 nitrogen and oxygen atoms in total. The van der Waals surface area contributed by atoms with Crippen LogP contribution in [-0.2, 0) is 9.59 Å². The fourth-order valence-electron chi connectivity index (χ4n) is 2.54. The number of carbonyl (C=O) groups is 2. The third-order valence-corrected chi connectivity index (χ3v) is 4.35. The molecule has 2 rings (SSSR count). The SMILES string of the molecule is CNC(=O)C(=O)NCC(c1ccsc1)N1CCCCC1. The zero-order valence-electron chi connectivity index (χ0n) is 11.7. The number of thiophene rings is 1. The average Bonchev–Trinajstić information content (AvgIpc) is 3.01. The van der Waals surface area contributed by atoms with Gasteiger partial charge in [-0.25, -0.2) is 0 Å². The number of hydrogen-bond acceptors (Lipinski definition) is 4. The fraction of sp³-hybridized carbons (Fsp3) is 0.571. The Kier molecular flexibility index (Phi) is 5.55. The van der Waals surface area contributed by atoms with Crippen LogP contribution in [0.5, 0.6) is 0 Å². The summed E-state index contributed by atoms with van der Waals surface area (Å²) in [5.41, 5.74) is 1.22. The first kappa shape index (κ1) is 15.0. The molecule has 1 saturated heterocycles. The summed E-state index contributed by atoms with van der Waals surface area (Å²) in [6, 6.07) is 2.26. The second-order valence-electron chi connectivity index (χ2n) is 4.96.